The quantitative estimate of drug-likeness (QED) is 0.944. The lowest BCUT2D eigenvalue weighted by molar-refractivity contribution is -0.123. The number of hydrogen-bond acceptors (Lipinski definition) is 3. The lowest BCUT2D eigenvalue weighted by Crippen LogP contribution is -2.45. The number of carbonyl (C=O) groups excluding carboxylic acids is 2. The van der Waals surface area contributed by atoms with Gasteiger partial charge in [-0.05, 0) is 50.5 Å². The van der Waals surface area contributed by atoms with Gasteiger partial charge in [0.05, 0.1) is 0 Å². The minimum absolute atomic E-state index is 0.0141. The summed E-state index contributed by atoms with van der Waals surface area (Å²) in [6.45, 7) is 3.62. The molecule has 0 spiro atoms. The second-order valence-electron chi connectivity index (χ2n) is 6.08. The Hall–Kier alpha value is -2.69. The number of anilines is 2. The molecule has 0 unspecified atom stereocenters. The number of carbonyl (C=O) groups is 2. The smallest absolute Gasteiger partial charge is 0.248 e. The number of pyridine rings is 1. The third-order valence-electron chi connectivity index (χ3n) is 4.26. The maximum absolute atomic E-state index is 12.6. The van der Waals surface area contributed by atoms with Gasteiger partial charge in [0.25, 0.3) is 0 Å². The number of benzene rings is 1. The van der Waals surface area contributed by atoms with E-state index in [1.54, 1.807) is 17.9 Å². The van der Waals surface area contributed by atoms with Gasteiger partial charge < -0.3 is 5.32 Å². The van der Waals surface area contributed by atoms with Gasteiger partial charge in [-0.2, -0.15) is 0 Å². The number of fused-ring (bicyclic) bond motifs is 1. The van der Waals surface area contributed by atoms with Crippen molar-refractivity contribution < 1.29 is 9.59 Å². The van der Waals surface area contributed by atoms with E-state index in [2.05, 4.69) is 10.3 Å². The first-order chi connectivity index (χ1) is 11.6. The average molecular weight is 323 g/mol. The highest BCUT2D eigenvalue weighted by Gasteiger charge is 2.30. The Morgan fingerprint density at radius 2 is 1.96 bits per heavy atom. The van der Waals surface area contributed by atoms with Gasteiger partial charge in [-0.1, -0.05) is 24.3 Å². The molecule has 1 atom stereocenters. The highest BCUT2D eigenvalue weighted by Crippen LogP contribution is 2.28. The zero-order chi connectivity index (χ0) is 17.1. The second-order valence-corrected chi connectivity index (χ2v) is 6.08. The zero-order valence-electron chi connectivity index (χ0n) is 14.0. The van der Waals surface area contributed by atoms with E-state index in [-0.39, 0.29) is 11.8 Å². The molecule has 1 aromatic carbocycles. The second kappa shape index (κ2) is 6.83. The summed E-state index contributed by atoms with van der Waals surface area (Å²) in [6.07, 6.45) is 2.11. The molecule has 1 aliphatic rings. The summed E-state index contributed by atoms with van der Waals surface area (Å²) in [5.41, 5.74) is 2.77. The van der Waals surface area contributed by atoms with Gasteiger partial charge in [-0.3, -0.25) is 14.5 Å². The van der Waals surface area contributed by atoms with Crippen molar-refractivity contribution in [1.82, 2.24) is 4.98 Å². The van der Waals surface area contributed by atoms with Crippen LogP contribution in [-0.2, 0) is 16.0 Å². The minimum Gasteiger partial charge on any atom is -0.309 e. The SMILES string of the molecule is Cc1cccc(NC(=O)[C@@H](C)N2C(=O)CCCc3ccccc32)n1. The average Bonchev–Trinajstić information content (AvgIpc) is 2.72. The summed E-state index contributed by atoms with van der Waals surface area (Å²) in [5.74, 6) is 0.250. The molecule has 0 saturated heterocycles. The van der Waals surface area contributed by atoms with Crippen LogP contribution in [0.25, 0.3) is 0 Å². The van der Waals surface area contributed by atoms with Gasteiger partial charge in [0.2, 0.25) is 11.8 Å². The lowest BCUT2D eigenvalue weighted by atomic mass is 10.1. The van der Waals surface area contributed by atoms with Crippen molar-refractivity contribution in [3.63, 3.8) is 0 Å². The van der Waals surface area contributed by atoms with Gasteiger partial charge in [0.1, 0.15) is 11.9 Å². The first-order valence-electron chi connectivity index (χ1n) is 8.21. The Kier molecular flexibility index (Phi) is 4.60. The van der Waals surface area contributed by atoms with E-state index >= 15 is 0 Å². The van der Waals surface area contributed by atoms with Crippen LogP contribution >= 0.6 is 0 Å². The summed E-state index contributed by atoms with van der Waals surface area (Å²) >= 11 is 0. The fourth-order valence-corrected chi connectivity index (χ4v) is 3.03. The predicted molar refractivity (Wildman–Crippen MR) is 93.9 cm³/mol. The number of aromatic nitrogens is 1. The van der Waals surface area contributed by atoms with E-state index in [1.807, 2.05) is 43.3 Å². The van der Waals surface area contributed by atoms with Crippen molar-refractivity contribution >= 4 is 23.3 Å². The first-order valence-corrected chi connectivity index (χ1v) is 8.21. The Bertz CT molecular complexity index is 773. The van der Waals surface area contributed by atoms with E-state index < -0.39 is 6.04 Å². The molecule has 1 N–H and O–H groups in total. The molecule has 2 aromatic rings. The fraction of sp³-hybridized carbons (Fsp3) is 0.316. The van der Waals surface area contributed by atoms with Crippen LogP contribution in [0, 0.1) is 6.92 Å². The number of rotatable bonds is 3. The van der Waals surface area contributed by atoms with E-state index in [0.29, 0.717) is 12.2 Å². The van der Waals surface area contributed by atoms with Gasteiger partial charge in [-0.25, -0.2) is 4.98 Å². The van der Waals surface area contributed by atoms with Crippen molar-refractivity contribution in [2.45, 2.75) is 39.2 Å². The highest BCUT2D eigenvalue weighted by molar-refractivity contribution is 6.05. The van der Waals surface area contributed by atoms with Crippen LogP contribution in [0.2, 0.25) is 0 Å². The number of para-hydroxylation sites is 1. The summed E-state index contributed by atoms with van der Waals surface area (Å²) in [4.78, 5) is 31.1. The van der Waals surface area contributed by atoms with E-state index in [9.17, 15) is 9.59 Å². The van der Waals surface area contributed by atoms with Crippen LogP contribution in [0.4, 0.5) is 11.5 Å². The van der Waals surface area contributed by atoms with Crippen LogP contribution < -0.4 is 10.2 Å². The Labute approximate surface area is 141 Å². The Morgan fingerprint density at radius 1 is 1.17 bits per heavy atom. The topological polar surface area (TPSA) is 62.3 Å². The number of amides is 2. The maximum Gasteiger partial charge on any atom is 0.248 e. The molecule has 2 heterocycles. The van der Waals surface area contributed by atoms with Gasteiger partial charge >= 0.3 is 0 Å². The number of nitrogens with one attached hydrogen (secondary N) is 1. The monoisotopic (exact) mass is 323 g/mol. The zero-order valence-corrected chi connectivity index (χ0v) is 14.0. The van der Waals surface area contributed by atoms with Crippen molar-refractivity contribution in [3.05, 3.63) is 53.7 Å². The minimum atomic E-state index is -0.598. The van der Waals surface area contributed by atoms with E-state index in [4.69, 9.17) is 0 Å². The normalized spacial score (nSPS) is 15.4. The number of nitrogens with zero attached hydrogens (tertiary/aromatic N) is 2. The Morgan fingerprint density at radius 3 is 2.75 bits per heavy atom. The molecule has 5 heteroatoms. The van der Waals surface area contributed by atoms with Crippen molar-refractivity contribution in [2.24, 2.45) is 0 Å². The van der Waals surface area contributed by atoms with E-state index in [1.165, 1.54) is 0 Å². The van der Waals surface area contributed by atoms with Crippen molar-refractivity contribution in [3.8, 4) is 0 Å². The molecule has 1 aromatic heterocycles. The molecule has 3 rings (SSSR count). The molecule has 124 valence electrons. The van der Waals surface area contributed by atoms with Crippen molar-refractivity contribution in [2.75, 3.05) is 10.2 Å². The van der Waals surface area contributed by atoms with Crippen LogP contribution in [0.3, 0.4) is 0 Å². The third-order valence-corrected chi connectivity index (χ3v) is 4.26. The summed E-state index contributed by atoms with van der Waals surface area (Å²) < 4.78 is 0. The molecule has 0 radical (unpaired) electrons. The van der Waals surface area contributed by atoms with Gasteiger partial charge in [0, 0.05) is 17.8 Å². The fourth-order valence-electron chi connectivity index (χ4n) is 3.03. The lowest BCUT2D eigenvalue weighted by Gasteiger charge is -2.28. The van der Waals surface area contributed by atoms with Crippen LogP contribution in [0.5, 0.6) is 0 Å². The third kappa shape index (κ3) is 3.30. The van der Waals surface area contributed by atoms with E-state index in [0.717, 1.165) is 29.8 Å². The van der Waals surface area contributed by atoms with Crippen molar-refractivity contribution in [1.29, 1.82) is 0 Å². The largest absolute Gasteiger partial charge is 0.309 e. The van der Waals surface area contributed by atoms with Gasteiger partial charge in [0.15, 0.2) is 0 Å². The first kappa shape index (κ1) is 16.2. The predicted octanol–water partition coefficient (Wildman–Crippen LogP) is 3.09. The maximum atomic E-state index is 12.6. The molecular weight excluding hydrogens is 302 g/mol. The summed E-state index contributed by atoms with van der Waals surface area (Å²) in [5, 5.41) is 2.81. The number of aryl methyl sites for hydroxylation is 2. The standard InChI is InChI=1S/C19H21N3O2/c1-13-7-5-11-17(20-13)21-19(24)14(2)22-16-10-4-3-8-15(16)9-6-12-18(22)23/h3-5,7-8,10-11,14H,6,9,12H2,1-2H3,(H,20,21,24)/t14-/m1/s1. The molecule has 1 aliphatic heterocycles. The molecule has 5 nitrogen and oxygen atoms in total. The van der Waals surface area contributed by atoms with Crippen LogP contribution in [0.15, 0.2) is 42.5 Å². The molecular formula is C19H21N3O2. The summed E-state index contributed by atoms with van der Waals surface area (Å²) in [7, 11) is 0. The Balaban J connectivity index is 1.86. The molecule has 0 aliphatic carbocycles. The molecule has 0 fully saturated rings. The van der Waals surface area contributed by atoms with Crippen LogP contribution in [0.1, 0.15) is 31.0 Å². The van der Waals surface area contributed by atoms with Gasteiger partial charge in [-0.15, -0.1) is 0 Å². The molecule has 2 amide bonds. The summed E-state index contributed by atoms with van der Waals surface area (Å²) in [6, 6.07) is 12.7. The molecule has 0 saturated carbocycles. The molecule has 24 heavy (non-hydrogen) atoms. The highest BCUT2D eigenvalue weighted by atomic mass is 16.2. The number of hydrogen-bond donors (Lipinski definition) is 1. The van der Waals surface area contributed by atoms with Crippen LogP contribution in [-0.4, -0.2) is 22.8 Å². The molecule has 0 bridgehead atoms.